The van der Waals surface area contributed by atoms with Crippen molar-refractivity contribution in [2.45, 2.75) is 25.8 Å². The first-order valence-electron chi connectivity index (χ1n) is 10.6. The summed E-state index contributed by atoms with van der Waals surface area (Å²) in [7, 11) is 0. The Balaban J connectivity index is 1.83. The number of piperazine rings is 1. The largest absolute Gasteiger partial charge is 0.493 e. The second kappa shape index (κ2) is 9.77. The summed E-state index contributed by atoms with van der Waals surface area (Å²) in [5.41, 5.74) is 0.881. The molecule has 1 saturated heterocycles. The Bertz CT molecular complexity index is 1320. The molecule has 2 aromatic heterocycles. The molecule has 3 heterocycles. The standard InChI is InChI=1S/C22H23BrClN5O5/c1-11(2)18-14(4-3-5-26-18)29-15-8-13(23)17(24)19(16(15)20(30)27-21(29)31)34-10-12-9-28(22(32)33)7-6-25-12/h3-5,8,11-12,25H,6-7,9-10H2,1-2H3,(H,32,33)(H,27,30,31). The highest BCUT2D eigenvalue weighted by Crippen LogP contribution is 2.42. The number of pyridine rings is 1. The summed E-state index contributed by atoms with van der Waals surface area (Å²) in [6, 6.07) is 4.81. The minimum Gasteiger partial charge on any atom is -0.493 e. The third kappa shape index (κ3) is 4.55. The molecule has 0 saturated carbocycles. The zero-order valence-electron chi connectivity index (χ0n) is 18.5. The molecule has 1 aliphatic heterocycles. The lowest BCUT2D eigenvalue weighted by Gasteiger charge is -2.31. The van der Waals surface area contributed by atoms with Crippen LogP contribution in [0.1, 0.15) is 25.5 Å². The molecule has 12 heteroatoms. The Hall–Kier alpha value is -2.89. The van der Waals surface area contributed by atoms with E-state index in [9.17, 15) is 19.8 Å². The van der Waals surface area contributed by atoms with Crippen molar-refractivity contribution in [3.8, 4) is 17.3 Å². The van der Waals surface area contributed by atoms with Gasteiger partial charge in [0.2, 0.25) is 5.88 Å². The van der Waals surface area contributed by atoms with E-state index >= 15 is 0 Å². The first kappa shape index (κ1) is 24.2. The molecule has 1 fully saturated rings. The molecule has 0 bridgehead atoms. The van der Waals surface area contributed by atoms with Gasteiger partial charge in [-0.1, -0.05) is 25.4 Å². The second-order valence-electron chi connectivity index (χ2n) is 8.20. The van der Waals surface area contributed by atoms with E-state index in [4.69, 9.17) is 16.3 Å². The van der Waals surface area contributed by atoms with E-state index in [0.29, 0.717) is 34.5 Å². The Morgan fingerprint density at radius 3 is 2.91 bits per heavy atom. The number of ether oxygens (including phenoxy) is 1. The topological polar surface area (TPSA) is 130 Å². The maximum atomic E-state index is 12.9. The van der Waals surface area contributed by atoms with Crippen LogP contribution in [-0.4, -0.2) is 68.0 Å². The maximum absolute atomic E-state index is 12.9. The minimum absolute atomic E-state index is 0.0213. The summed E-state index contributed by atoms with van der Waals surface area (Å²) in [5, 5.41) is 23.5. The SMILES string of the molecule is CC(C)c1ncccc1-n1c(=O)nc(O)c2c(OCC3CN(C(=O)O)CCN3)c(Cl)c(Br)cc21. The lowest BCUT2D eigenvalue weighted by Crippen LogP contribution is -2.54. The Kier molecular flexibility index (Phi) is 6.96. The van der Waals surface area contributed by atoms with Crippen molar-refractivity contribution in [3.05, 3.63) is 50.1 Å². The van der Waals surface area contributed by atoms with Crippen LogP contribution in [0.2, 0.25) is 5.02 Å². The van der Waals surface area contributed by atoms with E-state index in [1.807, 2.05) is 13.8 Å². The van der Waals surface area contributed by atoms with E-state index < -0.39 is 17.7 Å². The quantitative estimate of drug-likeness (QED) is 0.439. The summed E-state index contributed by atoms with van der Waals surface area (Å²) in [5.74, 6) is -0.360. The minimum atomic E-state index is -0.999. The molecule has 0 spiro atoms. The number of nitrogens with zero attached hydrogens (tertiary/aromatic N) is 4. The number of rotatable bonds is 5. The van der Waals surface area contributed by atoms with E-state index in [1.165, 1.54) is 9.47 Å². The van der Waals surface area contributed by atoms with Crippen molar-refractivity contribution in [2.24, 2.45) is 0 Å². The van der Waals surface area contributed by atoms with Crippen LogP contribution in [0, 0.1) is 0 Å². The fourth-order valence-corrected chi connectivity index (χ4v) is 4.59. The molecule has 1 amide bonds. The fraction of sp³-hybridized carbons (Fsp3) is 0.364. The molecule has 0 radical (unpaired) electrons. The number of aromatic hydroxyl groups is 1. The van der Waals surface area contributed by atoms with Crippen molar-refractivity contribution in [3.63, 3.8) is 0 Å². The van der Waals surface area contributed by atoms with Gasteiger partial charge >= 0.3 is 11.8 Å². The Morgan fingerprint density at radius 1 is 1.44 bits per heavy atom. The average molecular weight is 553 g/mol. The van der Waals surface area contributed by atoms with Gasteiger partial charge in [0.1, 0.15) is 12.0 Å². The molecule has 180 valence electrons. The van der Waals surface area contributed by atoms with Crippen molar-refractivity contribution in [2.75, 3.05) is 26.2 Å². The normalized spacial score (nSPS) is 16.3. The lowest BCUT2D eigenvalue weighted by molar-refractivity contribution is 0.118. The molecular weight excluding hydrogens is 530 g/mol. The summed E-state index contributed by atoms with van der Waals surface area (Å²) in [4.78, 5) is 33.8. The molecule has 0 aliphatic carbocycles. The Morgan fingerprint density at radius 2 is 2.21 bits per heavy atom. The molecule has 34 heavy (non-hydrogen) atoms. The third-order valence-electron chi connectivity index (χ3n) is 5.57. The number of hydrogen-bond acceptors (Lipinski definition) is 7. The molecule has 1 aromatic carbocycles. The van der Waals surface area contributed by atoms with E-state index in [1.54, 1.807) is 24.4 Å². The van der Waals surface area contributed by atoms with Gasteiger partial charge in [0, 0.05) is 30.3 Å². The van der Waals surface area contributed by atoms with Gasteiger partial charge in [0.15, 0.2) is 5.75 Å². The van der Waals surface area contributed by atoms with Gasteiger partial charge in [-0.15, -0.1) is 0 Å². The van der Waals surface area contributed by atoms with Crippen LogP contribution in [0.25, 0.3) is 16.6 Å². The van der Waals surface area contributed by atoms with Crippen LogP contribution in [0.5, 0.6) is 11.6 Å². The van der Waals surface area contributed by atoms with Crippen molar-refractivity contribution in [1.29, 1.82) is 0 Å². The first-order valence-corrected chi connectivity index (χ1v) is 11.8. The number of carbonyl (C=O) groups is 1. The molecular formula is C22H23BrClN5O5. The average Bonchev–Trinajstić information content (AvgIpc) is 2.80. The fourth-order valence-electron chi connectivity index (χ4n) is 3.99. The van der Waals surface area contributed by atoms with Gasteiger partial charge in [-0.2, -0.15) is 4.98 Å². The lowest BCUT2D eigenvalue weighted by atomic mass is 10.1. The molecule has 10 nitrogen and oxygen atoms in total. The van der Waals surface area contributed by atoms with Crippen LogP contribution < -0.4 is 15.7 Å². The Labute approximate surface area is 208 Å². The smallest absolute Gasteiger partial charge is 0.407 e. The highest BCUT2D eigenvalue weighted by Gasteiger charge is 2.26. The van der Waals surface area contributed by atoms with E-state index in [-0.39, 0.29) is 41.3 Å². The van der Waals surface area contributed by atoms with Gasteiger partial charge < -0.3 is 25.2 Å². The molecule has 1 aliphatic rings. The highest BCUT2D eigenvalue weighted by atomic mass is 79.9. The van der Waals surface area contributed by atoms with Crippen LogP contribution in [0.15, 0.2) is 33.7 Å². The first-order chi connectivity index (χ1) is 16.2. The number of halogens is 2. The van der Waals surface area contributed by atoms with Crippen LogP contribution >= 0.6 is 27.5 Å². The third-order valence-corrected chi connectivity index (χ3v) is 6.80. The summed E-state index contributed by atoms with van der Waals surface area (Å²) >= 11 is 9.94. The van der Waals surface area contributed by atoms with Gasteiger partial charge in [-0.25, -0.2) is 9.59 Å². The summed E-state index contributed by atoms with van der Waals surface area (Å²) in [6.07, 6.45) is 0.652. The zero-order valence-corrected chi connectivity index (χ0v) is 20.8. The van der Waals surface area contributed by atoms with Gasteiger partial charge in [0.25, 0.3) is 0 Å². The number of fused-ring (bicyclic) bond motifs is 1. The van der Waals surface area contributed by atoms with E-state index in [0.717, 1.165) is 0 Å². The summed E-state index contributed by atoms with van der Waals surface area (Å²) < 4.78 is 7.84. The van der Waals surface area contributed by atoms with Gasteiger partial charge in [0.05, 0.1) is 28.0 Å². The number of carboxylic acid groups (broad SMARTS) is 1. The predicted octanol–water partition coefficient (Wildman–Crippen LogP) is 3.36. The number of aromatic nitrogens is 3. The molecule has 3 aromatic rings. The van der Waals surface area contributed by atoms with Crippen molar-refractivity contribution >= 4 is 44.5 Å². The molecule has 1 unspecified atom stereocenters. The van der Waals surface area contributed by atoms with E-state index in [2.05, 4.69) is 31.2 Å². The molecule has 4 rings (SSSR count). The maximum Gasteiger partial charge on any atom is 0.407 e. The molecule has 3 N–H and O–H groups in total. The zero-order chi connectivity index (χ0) is 24.6. The number of nitrogens with one attached hydrogen (secondary N) is 1. The van der Waals surface area contributed by atoms with Crippen molar-refractivity contribution in [1.82, 2.24) is 24.8 Å². The van der Waals surface area contributed by atoms with Gasteiger partial charge in [-0.05, 0) is 40.0 Å². The van der Waals surface area contributed by atoms with Crippen LogP contribution in [0.3, 0.4) is 0 Å². The van der Waals surface area contributed by atoms with Crippen molar-refractivity contribution < 1.29 is 19.7 Å². The second-order valence-corrected chi connectivity index (χ2v) is 9.43. The number of hydrogen-bond donors (Lipinski definition) is 3. The van der Waals surface area contributed by atoms with Gasteiger partial charge in [-0.3, -0.25) is 9.55 Å². The monoisotopic (exact) mass is 551 g/mol. The highest BCUT2D eigenvalue weighted by molar-refractivity contribution is 9.10. The predicted molar refractivity (Wildman–Crippen MR) is 130 cm³/mol. The molecule has 1 atom stereocenters. The number of benzene rings is 1. The van der Waals surface area contributed by atoms with Crippen LogP contribution in [-0.2, 0) is 0 Å². The van der Waals surface area contributed by atoms with Crippen LogP contribution in [0.4, 0.5) is 4.79 Å². The number of amides is 1. The summed E-state index contributed by atoms with van der Waals surface area (Å²) in [6.45, 7) is 5.11.